The number of nitrogens with zero attached hydrogens (tertiary/aromatic N) is 3. The van der Waals surface area contributed by atoms with E-state index in [0.717, 1.165) is 11.4 Å². The fourth-order valence-corrected chi connectivity index (χ4v) is 16.6. The van der Waals surface area contributed by atoms with Crippen LogP contribution in [0.15, 0.2) is 273 Å². The van der Waals surface area contributed by atoms with E-state index in [9.17, 15) is 0 Å². The lowest BCUT2D eigenvalue weighted by atomic mass is 10.1. The van der Waals surface area contributed by atoms with Gasteiger partial charge in [-0.2, -0.15) is 0 Å². The van der Waals surface area contributed by atoms with Gasteiger partial charge in [0.15, 0.2) is 8.07 Å². The van der Waals surface area contributed by atoms with Gasteiger partial charge in [0, 0.05) is 38.6 Å². The molecule has 0 aliphatic carbocycles. The van der Waals surface area contributed by atoms with Gasteiger partial charge in [-0.05, 0) is 116 Å². The van der Waals surface area contributed by atoms with Crippen molar-refractivity contribution < 1.29 is 0 Å². The standard InChI is InChI=1S/C66H45N3Si/c1-5-20-46(21-6-1)48-24-15-31-54(42-48)70(53-29-11-4-12-30-53,55-32-16-25-49(43-55)47-22-7-2-8-23-47)56-33-17-28-51(44-56)68-59-35-14-13-34-57(59)58-45-52(40-41-60(58)68)69-63-38-18-36-61-65(63)66-62(37-19-39-64(66)69)67(61)50-26-9-3-10-27-50/h1-45H. The quantitative estimate of drug-likeness (QED) is 0.101. The Labute approximate surface area is 407 Å². The average Bonchev–Trinajstić information content (AvgIpc) is 4.09. The SMILES string of the molecule is c1ccc(-c2cccc([Si](c3ccccc3)(c3cccc(-c4ccccc4)c3)c3cccc(-n4c5ccccc5c5cc(-n6c7cccc8c7c7c(cccc76)n8-c6ccccc6)ccc54)c3)c2)cc1. The van der Waals surface area contributed by atoms with Crippen LogP contribution in [0.5, 0.6) is 0 Å². The second kappa shape index (κ2) is 16.1. The summed E-state index contributed by atoms with van der Waals surface area (Å²) in [5, 5.41) is 10.4. The second-order valence-electron chi connectivity index (χ2n) is 18.5. The Kier molecular flexibility index (Phi) is 9.23. The van der Waals surface area contributed by atoms with Crippen LogP contribution in [0.1, 0.15) is 0 Å². The molecule has 0 fully saturated rings. The van der Waals surface area contributed by atoms with Gasteiger partial charge in [-0.1, -0.05) is 200 Å². The predicted molar refractivity (Wildman–Crippen MR) is 298 cm³/mol. The molecular weight excluding hydrogens is 863 g/mol. The summed E-state index contributed by atoms with van der Waals surface area (Å²) in [5.74, 6) is 0. The largest absolute Gasteiger partial charge is 0.309 e. The Balaban J connectivity index is 0.993. The van der Waals surface area contributed by atoms with Crippen molar-refractivity contribution in [3.8, 4) is 39.3 Å². The van der Waals surface area contributed by atoms with Crippen molar-refractivity contribution in [3.05, 3.63) is 273 Å². The van der Waals surface area contributed by atoms with Crippen molar-refractivity contribution in [2.75, 3.05) is 0 Å². The molecule has 3 heterocycles. The molecule has 4 heteroatoms. The maximum Gasteiger partial charge on any atom is 0.179 e. The van der Waals surface area contributed by atoms with Crippen LogP contribution in [0.4, 0.5) is 0 Å². The Bertz CT molecular complexity index is 4070. The summed E-state index contributed by atoms with van der Waals surface area (Å²) >= 11 is 0. The van der Waals surface area contributed by atoms with E-state index in [1.165, 1.54) is 103 Å². The van der Waals surface area contributed by atoms with E-state index < -0.39 is 8.07 Å². The zero-order valence-electron chi connectivity index (χ0n) is 38.3. The predicted octanol–water partition coefficient (Wildman–Crippen LogP) is 14.0. The third-order valence-corrected chi connectivity index (χ3v) is 19.5. The van der Waals surface area contributed by atoms with Crippen LogP contribution in [0, 0.1) is 0 Å². The van der Waals surface area contributed by atoms with Crippen LogP contribution < -0.4 is 20.7 Å². The van der Waals surface area contributed by atoms with Gasteiger partial charge in [0.1, 0.15) is 0 Å². The molecule has 14 aromatic rings. The van der Waals surface area contributed by atoms with Crippen molar-refractivity contribution in [1.82, 2.24) is 13.7 Å². The molecule has 0 aliphatic rings. The van der Waals surface area contributed by atoms with Gasteiger partial charge >= 0.3 is 0 Å². The first-order chi connectivity index (χ1) is 34.7. The van der Waals surface area contributed by atoms with Crippen LogP contribution in [0.25, 0.3) is 94.0 Å². The number of aromatic nitrogens is 3. The number of rotatable bonds is 9. The highest BCUT2D eigenvalue weighted by molar-refractivity contribution is 7.20. The third kappa shape index (κ3) is 6.07. The molecule has 0 spiro atoms. The minimum absolute atomic E-state index is 1.14. The highest BCUT2D eigenvalue weighted by Crippen LogP contribution is 2.43. The summed E-state index contributed by atoms with van der Waals surface area (Å²) in [5.41, 5.74) is 15.6. The van der Waals surface area contributed by atoms with Gasteiger partial charge in [0.05, 0.1) is 33.1 Å². The highest BCUT2D eigenvalue weighted by Gasteiger charge is 2.42. The van der Waals surface area contributed by atoms with E-state index in [-0.39, 0.29) is 0 Å². The molecule has 0 atom stereocenters. The van der Waals surface area contributed by atoms with Gasteiger partial charge in [-0.3, -0.25) is 0 Å². The first-order valence-corrected chi connectivity index (χ1v) is 26.2. The molecule has 0 aliphatic heterocycles. The summed E-state index contributed by atoms with van der Waals surface area (Å²) in [6.45, 7) is 0. The van der Waals surface area contributed by atoms with Gasteiger partial charge in [-0.15, -0.1) is 0 Å². The number of para-hydroxylation sites is 2. The summed E-state index contributed by atoms with van der Waals surface area (Å²) in [6.07, 6.45) is 0. The fourth-order valence-electron chi connectivity index (χ4n) is 11.8. The van der Waals surface area contributed by atoms with Crippen molar-refractivity contribution in [3.63, 3.8) is 0 Å². The van der Waals surface area contributed by atoms with E-state index in [4.69, 9.17) is 0 Å². The topological polar surface area (TPSA) is 14.8 Å². The molecule has 0 amide bonds. The molecule has 70 heavy (non-hydrogen) atoms. The lowest BCUT2D eigenvalue weighted by Gasteiger charge is -2.35. The molecule has 14 rings (SSSR count). The molecule has 0 radical (unpaired) electrons. The van der Waals surface area contributed by atoms with Gasteiger partial charge in [0.2, 0.25) is 0 Å². The molecule has 0 saturated carbocycles. The normalized spacial score (nSPS) is 12.0. The molecule has 3 aromatic heterocycles. The highest BCUT2D eigenvalue weighted by atomic mass is 28.3. The van der Waals surface area contributed by atoms with Crippen LogP contribution in [0.2, 0.25) is 0 Å². The number of hydrogen-bond acceptors (Lipinski definition) is 0. The summed E-state index contributed by atoms with van der Waals surface area (Å²) in [6, 6.07) is 101. The second-order valence-corrected chi connectivity index (χ2v) is 22.3. The molecule has 328 valence electrons. The Hall–Kier alpha value is -8.96. The smallest absolute Gasteiger partial charge is 0.179 e. The molecule has 3 nitrogen and oxygen atoms in total. The van der Waals surface area contributed by atoms with Gasteiger partial charge in [-0.25, -0.2) is 0 Å². The monoisotopic (exact) mass is 907 g/mol. The third-order valence-electron chi connectivity index (χ3n) is 14.7. The van der Waals surface area contributed by atoms with E-state index in [1.807, 2.05) is 0 Å². The molecule has 0 unspecified atom stereocenters. The zero-order valence-corrected chi connectivity index (χ0v) is 39.3. The summed E-state index contributed by atoms with van der Waals surface area (Å²) < 4.78 is 7.38. The molecule has 11 aromatic carbocycles. The number of benzene rings is 11. The number of fused-ring (bicyclic) bond motifs is 3. The first-order valence-electron chi connectivity index (χ1n) is 24.2. The Morgan fingerprint density at radius 3 is 1.17 bits per heavy atom. The zero-order chi connectivity index (χ0) is 46.2. The van der Waals surface area contributed by atoms with Crippen LogP contribution in [-0.4, -0.2) is 21.8 Å². The van der Waals surface area contributed by atoms with Crippen molar-refractivity contribution in [2.24, 2.45) is 0 Å². The van der Waals surface area contributed by atoms with Crippen LogP contribution >= 0.6 is 0 Å². The van der Waals surface area contributed by atoms with Crippen molar-refractivity contribution >= 4 is 83.5 Å². The number of hydrogen-bond donors (Lipinski definition) is 0. The van der Waals surface area contributed by atoms with Crippen molar-refractivity contribution in [2.45, 2.75) is 0 Å². The molecule has 0 bridgehead atoms. The van der Waals surface area contributed by atoms with Crippen LogP contribution in [-0.2, 0) is 0 Å². The Morgan fingerprint density at radius 1 is 0.214 bits per heavy atom. The summed E-state index contributed by atoms with van der Waals surface area (Å²) in [4.78, 5) is 0. The lowest BCUT2D eigenvalue weighted by Crippen LogP contribution is -2.74. The van der Waals surface area contributed by atoms with E-state index in [2.05, 4.69) is 287 Å². The fraction of sp³-hybridized carbons (Fsp3) is 0. The van der Waals surface area contributed by atoms with Crippen molar-refractivity contribution in [1.29, 1.82) is 0 Å². The minimum Gasteiger partial charge on any atom is -0.309 e. The lowest BCUT2D eigenvalue weighted by molar-refractivity contribution is 1.15. The maximum absolute atomic E-state index is 3.05. The van der Waals surface area contributed by atoms with E-state index >= 15 is 0 Å². The maximum atomic E-state index is 2.50. The van der Waals surface area contributed by atoms with Gasteiger partial charge in [0.25, 0.3) is 0 Å². The molecular formula is C66H45N3Si. The van der Waals surface area contributed by atoms with E-state index in [1.54, 1.807) is 0 Å². The molecule has 0 saturated heterocycles. The Morgan fingerprint density at radius 2 is 0.586 bits per heavy atom. The van der Waals surface area contributed by atoms with E-state index in [0.29, 0.717) is 0 Å². The first kappa shape index (κ1) is 40.1. The average molecular weight is 908 g/mol. The molecule has 0 N–H and O–H groups in total. The minimum atomic E-state index is -3.05. The van der Waals surface area contributed by atoms with Gasteiger partial charge < -0.3 is 13.7 Å². The summed E-state index contributed by atoms with van der Waals surface area (Å²) in [7, 11) is -3.05. The van der Waals surface area contributed by atoms with Crippen LogP contribution in [0.3, 0.4) is 0 Å².